The molecule has 0 spiro atoms. The molecule has 2 saturated carbocycles. The van der Waals surface area contributed by atoms with Gasteiger partial charge in [0.05, 0.1) is 12.1 Å². The van der Waals surface area contributed by atoms with Crippen molar-refractivity contribution in [3.05, 3.63) is 29.7 Å². The number of carbonyl (C=O) groups is 1. The molecule has 2 fully saturated rings. The Morgan fingerprint density at radius 1 is 1.21 bits per heavy atom. The molecule has 2 aromatic rings. The number of benzene rings is 1. The first-order chi connectivity index (χ1) is 14.1. The lowest BCUT2D eigenvalue weighted by Gasteiger charge is -2.45. The molecule has 6 heteroatoms. The SMILES string of the molecule is CCN(CC)Cc1nc2c(C(=O)NC3CC4CCCC(C3)C4NC)cccc2o1. The van der Waals surface area contributed by atoms with Gasteiger partial charge >= 0.3 is 0 Å². The van der Waals surface area contributed by atoms with Crippen molar-refractivity contribution in [2.24, 2.45) is 11.8 Å². The van der Waals surface area contributed by atoms with Crippen molar-refractivity contribution in [2.75, 3.05) is 20.1 Å². The van der Waals surface area contributed by atoms with Gasteiger partial charge in [-0.3, -0.25) is 9.69 Å². The summed E-state index contributed by atoms with van der Waals surface area (Å²) >= 11 is 0. The Balaban J connectivity index is 1.49. The van der Waals surface area contributed by atoms with Crippen molar-refractivity contribution in [2.45, 2.75) is 64.6 Å². The largest absolute Gasteiger partial charge is 0.439 e. The van der Waals surface area contributed by atoms with Gasteiger partial charge in [-0.05, 0) is 69.8 Å². The molecule has 6 nitrogen and oxygen atoms in total. The monoisotopic (exact) mass is 398 g/mol. The van der Waals surface area contributed by atoms with Gasteiger partial charge in [-0.15, -0.1) is 0 Å². The highest BCUT2D eigenvalue weighted by Crippen LogP contribution is 2.40. The number of hydrogen-bond acceptors (Lipinski definition) is 5. The molecular weight excluding hydrogens is 364 g/mol. The third-order valence-electron chi connectivity index (χ3n) is 6.97. The van der Waals surface area contributed by atoms with E-state index in [4.69, 9.17) is 4.42 Å². The first-order valence-electron chi connectivity index (χ1n) is 11.2. The van der Waals surface area contributed by atoms with E-state index >= 15 is 0 Å². The Hall–Kier alpha value is -1.92. The van der Waals surface area contributed by atoms with Crippen molar-refractivity contribution in [1.82, 2.24) is 20.5 Å². The third kappa shape index (κ3) is 4.19. The van der Waals surface area contributed by atoms with Crippen LogP contribution in [0.1, 0.15) is 62.2 Å². The molecule has 2 unspecified atom stereocenters. The van der Waals surface area contributed by atoms with E-state index < -0.39 is 0 Å². The second-order valence-corrected chi connectivity index (χ2v) is 8.63. The lowest BCUT2D eigenvalue weighted by Crippen LogP contribution is -2.53. The van der Waals surface area contributed by atoms with Crippen molar-refractivity contribution in [1.29, 1.82) is 0 Å². The molecule has 1 aromatic heterocycles. The highest BCUT2D eigenvalue weighted by atomic mass is 16.3. The van der Waals surface area contributed by atoms with E-state index in [0.29, 0.717) is 47.0 Å². The summed E-state index contributed by atoms with van der Waals surface area (Å²) in [4.78, 5) is 20.0. The van der Waals surface area contributed by atoms with Crippen LogP contribution in [0, 0.1) is 11.8 Å². The predicted molar refractivity (Wildman–Crippen MR) is 115 cm³/mol. The van der Waals surface area contributed by atoms with Crippen LogP contribution in [0.3, 0.4) is 0 Å². The van der Waals surface area contributed by atoms with Crippen LogP contribution >= 0.6 is 0 Å². The summed E-state index contributed by atoms with van der Waals surface area (Å²) in [6.45, 7) is 6.81. The average Bonchev–Trinajstić information content (AvgIpc) is 3.13. The quantitative estimate of drug-likeness (QED) is 0.746. The Morgan fingerprint density at radius 2 is 1.93 bits per heavy atom. The first-order valence-corrected chi connectivity index (χ1v) is 11.2. The lowest BCUT2D eigenvalue weighted by atomic mass is 9.67. The molecule has 0 saturated heterocycles. The topological polar surface area (TPSA) is 70.4 Å². The average molecular weight is 399 g/mol. The van der Waals surface area contributed by atoms with Gasteiger partial charge in [-0.2, -0.15) is 0 Å². The van der Waals surface area contributed by atoms with Gasteiger partial charge in [-0.1, -0.05) is 26.3 Å². The van der Waals surface area contributed by atoms with Gasteiger partial charge in [0, 0.05) is 12.1 Å². The van der Waals surface area contributed by atoms with Crippen molar-refractivity contribution in [3.63, 3.8) is 0 Å². The van der Waals surface area contributed by atoms with Gasteiger partial charge in [-0.25, -0.2) is 4.98 Å². The normalized spacial score (nSPS) is 26.8. The molecule has 1 heterocycles. The van der Waals surface area contributed by atoms with E-state index in [0.717, 1.165) is 25.9 Å². The fraction of sp³-hybridized carbons (Fsp3) is 0.652. The molecule has 1 aromatic carbocycles. The molecule has 29 heavy (non-hydrogen) atoms. The molecule has 2 aliphatic carbocycles. The van der Waals surface area contributed by atoms with Crippen LogP contribution in [-0.2, 0) is 6.54 Å². The van der Waals surface area contributed by atoms with Crippen LogP contribution in [0.15, 0.2) is 22.6 Å². The number of fused-ring (bicyclic) bond motifs is 3. The predicted octanol–water partition coefficient (Wildman–Crippen LogP) is 3.57. The summed E-state index contributed by atoms with van der Waals surface area (Å²) in [7, 11) is 2.08. The van der Waals surface area contributed by atoms with Crippen LogP contribution in [0.5, 0.6) is 0 Å². The Morgan fingerprint density at radius 3 is 2.59 bits per heavy atom. The fourth-order valence-corrected chi connectivity index (χ4v) is 5.48. The molecule has 2 atom stereocenters. The minimum absolute atomic E-state index is 0.0238. The molecule has 1 amide bonds. The van der Waals surface area contributed by atoms with Gasteiger partial charge < -0.3 is 15.1 Å². The summed E-state index contributed by atoms with van der Waals surface area (Å²) < 4.78 is 5.93. The van der Waals surface area contributed by atoms with Gasteiger partial charge in [0.25, 0.3) is 5.91 Å². The summed E-state index contributed by atoms with van der Waals surface area (Å²) in [5.41, 5.74) is 1.99. The lowest BCUT2D eigenvalue weighted by molar-refractivity contribution is 0.0800. The summed E-state index contributed by atoms with van der Waals surface area (Å²) in [5.74, 6) is 1.99. The molecular formula is C23H34N4O2. The number of aromatic nitrogens is 1. The minimum atomic E-state index is -0.0238. The third-order valence-corrected chi connectivity index (χ3v) is 6.97. The van der Waals surface area contributed by atoms with Gasteiger partial charge in [0.15, 0.2) is 5.58 Å². The maximum absolute atomic E-state index is 13.1. The molecule has 158 valence electrons. The fourth-order valence-electron chi connectivity index (χ4n) is 5.48. The van der Waals surface area contributed by atoms with Crippen molar-refractivity contribution < 1.29 is 9.21 Å². The van der Waals surface area contributed by atoms with E-state index in [2.05, 4.69) is 41.4 Å². The number of rotatable bonds is 7. The molecule has 2 aliphatic rings. The maximum atomic E-state index is 13.1. The Bertz CT molecular complexity index is 831. The van der Waals surface area contributed by atoms with E-state index in [1.807, 2.05) is 18.2 Å². The zero-order valence-electron chi connectivity index (χ0n) is 17.9. The molecule has 0 radical (unpaired) electrons. The van der Waals surface area contributed by atoms with Crippen molar-refractivity contribution in [3.8, 4) is 0 Å². The number of amides is 1. The molecule has 2 N–H and O–H groups in total. The number of carbonyl (C=O) groups excluding carboxylic acids is 1. The zero-order valence-corrected chi connectivity index (χ0v) is 17.9. The van der Waals surface area contributed by atoms with Crippen LogP contribution in [0.4, 0.5) is 0 Å². The zero-order chi connectivity index (χ0) is 20.4. The number of nitrogens with one attached hydrogen (secondary N) is 2. The summed E-state index contributed by atoms with van der Waals surface area (Å²) in [6.07, 6.45) is 5.98. The smallest absolute Gasteiger partial charge is 0.253 e. The number of hydrogen-bond donors (Lipinski definition) is 2. The number of para-hydroxylation sites is 1. The molecule has 0 aliphatic heterocycles. The molecule has 2 bridgehead atoms. The Kier molecular flexibility index (Phi) is 6.20. The standard InChI is InChI=1S/C23H34N4O2/c1-4-27(5-2)14-20-26-22-18(10-7-11-19(22)29-20)23(28)25-17-12-15-8-6-9-16(13-17)21(15)24-3/h7,10-11,15-17,21,24H,4-6,8-9,12-14H2,1-3H3,(H,25,28). The van der Waals surface area contributed by atoms with E-state index in [1.165, 1.54) is 19.3 Å². The van der Waals surface area contributed by atoms with Gasteiger partial charge in [0.1, 0.15) is 5.52 Å². The number of oxazole rings is 1. The van der Waals surface area contributed by atoms with Crippen LogP contribution in [0.2, 0.25) is 0 Å². The first kappa shape index (κ1) is 20.4. The van der Waals surface area contributed by atoms with Crippen LogP contribution in [0.25, 0.3) is 11.1 Å². The van der Waals surface area contributed by atoms with E-state index in [1.54, 1.807) is 0 Å². The maximum Gasteiger partial charge on any atom is 0.253 e. The second-order valence-electron chi connectivity index (χ2n) is 8.63. The highest BCUT2D eigenvalue weighted by Gasteiger charge is 2.39. The Labute approximate surface area is 173 Å². The van der Waals surface area contributed by atoms with E-state index in [9.17, 15) is 4.79 Å². The van der Waals surface area contributed by atoms with E-state index in [-0.39, 0.29) is 11.9 Å². The summed E-state index contributed by atoms with van der Waals surface area (Å²) in [6, 6.07) is 6.50. The van der Waals surface area contributed by atoms with Crippen LogP contribution in [-0.4, -0.2) is 48.0 Å². The van der Waals surface area contributed by atoms with Crippen LogP contribution < -0.4 is 10.6 Å². The molecule has 4 rings (SSSR count). The summed E-state index contributed by atoms with van der Waals surface area (Å²) in [5, 5.41) is 6.84. The van der Waals surface area contributed by atoms with Gasteiger partial charge in [0.2, 0.25) is 5.89 Å². The highest BCUT2D eigenvalue weighted by molar-refractivity contribution is 6.04. The number of nitrogens with zero attached hydrogens (tertiary/aromatic N) is 2. The van der Waals surface area contributed by atoms with Crippen molar-refractivity contribution >= 4 is 17.0 Å². The minimum Gasteiger partial charge on any atom is -0.439 e. The second kappa shape index (κ2) is 8.84.